The number of fused-ring (bicyclic) bond motifs is 1. The maximum Gasteiger partial charge on any atom is 0.522 e. The van der Waals surface area contributed by atoms with E-state index in [2.05, 4.69) is 50.9 Å². The van der Waals surface area contributed by atoms with Gasteiger partial charge in [-0.2, -0.15) is 4.98 Å². The first-order valence-corrected chi connectivity index (χ1v) is 12.9. The number of rotatable bonds is 12. The number of hydrogen-bond acceptors (Lipinski definition) is 6. The Balaban J connectivity index is 1.33. The van der Waals surface area contributed by atoms with E-state index in [4.69, 9.17) is 0 Å². The Kier molecular flexibility index (Phi) is 8.86. The lowest BCUT2D eigenvalue weighted by Crippen LogP contribution is -2.48. The Bertz CT molecular complexity index is 1150. The average molecular weight is 521 g/mol. The second-order valence-electron chi connectivity index (χ2n) is 10.1. The van der Waals surface area contributed by atoms with E-state index in [1.165, 1.54) is 10.9 Å². The maximum absolute atomic E-state index is 13.2. The number of carbonyl (C=O) groups excluding carboxylic acids is 1. The van der Waals surface area contributed by atoms with Crippen LogP contribution in [0.3, 0.4) is 0 Å². The lowest BCUT2D eigenvalue weighted by Gasteiger charge is -2.33. The number of anilines is 1. The van der Waals surface area contributed by atoms with Gasteiger partial charge in [0.2, 0.25) is 5.95 Å². The van der Waals surface area contributed by atoms with E-state index in [1.54, 1.807) is 0 Å². The molecule has 1 aliphatic heterocycles. The lowest BCUT2D eigenvalue weighted by molar-refractivity contribution is -0.325. The first-order valence-electron chi connectivity index (χ1n) is 12.9. The summed E-state index contributed by atoms with van der Waals surface area (Å²) in [6, 6.07) is 8.19. The van der Waals surface area contributed by atoms with Gasteiger partial charge in [-0.05, 0) is 36.3 Å². The van der Waals surface area contributed by atoms with Crippen LogP contribution in [0.25, 0.3) is 10.9 Å². The van der Waals surface area contributed by atoms with Crippen molar-refractivity contribution in [2.75, 3.05) is 44.2 Å². The number of Topliss-reactive ketones (excluding diaryl/α,β-unsaturated/α-hetero) is 1. The third-order valence-electron chi connectivity index (χ3n) is 6.88. The molecule has 37 heavy (non-hydrogen) atoms. The van der Waals surface area contributed by atoms with E-state index in [-0.39, 0.29) is 30.7 Å². The number of ether oxygens (including phenoxy) is 1. The number of nitrogens with zero attached hydrogens (tertiary/aromatic N) is 4. The third-order valence-corrected chi connectivity index (χ3v) is 6.88. The van der Waals surface area contributed by atoms with Gasteiger partial charge in [-0.1, -0.05) is 38.5 Å². The van der Waals surface area contributed by atoms with Crippen LogP contribution in [0.4, 0.5) is 19.1 Å². The first-order chi connectivity index (χ1) is 17.7. The highest BCUT2D eigenvalue weighted by molar-refractivity contribution is 5.93. The van der Waals surface area contributed by atoms with Crippen LogP contribution in [0.5, 0.6) is 0 Å². The number of benzene rings is 1. The molecule has 11 heteroatoms. The molecule has 0 spiro atoms. The van der Waals surface area contributed by atoms with Gasteiger partial charge in [0.25, 0.3) is 0 Å². The highest BCUT2D eigenvalue weighted by Gasteiger charge is 2.29. The van der Waals surface area contributed by atoms with Gasteiger partial charge in [0.15, 0.2) is 11.6 Å². The number of hydrogen-bond donors (Lipinski definition) is 2. The maximum atomic E-state index is 13.2. The van der Waals surface area contributed by atoms with E-state index in [1.807, 2.05) is 28.1 Å². The van der Waals surface area contributed by atoms with Crippen molar-refractivity contribution in [1.29, 1.82) is 0 Å². The summed E-state index contributed by atoms with van der Waals surface area (Å²) in [5, 5.41) is 8.25. The minimum Gasteiger partial charge on any atom is -0.361 e. The topological polar surface area (TPSA) is 90.1 Å². The molecule has 2 aromatic heterocycles. The highest BCUT2D eigenvalue weighted by Crippen LogP contribution is 2.27. The molecule has 0 amide bonds. The predicted molar refractivity (Wildman–Crippen MR) is 136 cm³/mol. The molecule has 0 radical (unpaired) electrons. The normalized spacial score (nSPS) is 16.1. The number of aromatic amines is 2. The number of aromatic nitrogens is 4. The van der Waals surface area contributed by atoms with Crippen molar-refractivity contribution in [3.8, 4) is 0 Å². The largest absolute Gasteiger partial charge is 0.522 e. The number of nitrogens with one attached hydrogen (secondary N) is 2. The lowest BCUT2D eigenvalue weighted by atomic mass is 9.88. The summed E-state index contributed by atoms with van der Waals surface area (Å²) in [5.74, 6) is 1.38. The number of carbonyl (C=O) groups is 1. The van der Waals surface area contributed by atoms with E-state index in [9.17, 15) is 18.0 Å². The second kappa shape index (κ2) is 12.1. The smallest absolute Gasteiger partial charge is 0.361 e. The van der Waals surface area contributed by atoms with Crippen LogP contribution in [-0.2, 0) is 11.2 Å². The van der Waals surface area contributed by atoms with Gasteiger partial charge in [-0.25, -0.2) is 0 Å². The molecule has 1 saturated heterocycles. The SMILES string of the molecule is CC(C)CCC(CC(=O)c1nc(N2CCN(CCOC(F)(F)F)CC2)n[nH]1)Cc1c[nH]c2ccccc12. The molecule has 202 valence electrons. The van der Waals surface area contributed by atoms with Gasteiger partial charge in [-0.15, -0.1) is 18.3 Å². The van der Waals surface area contributed by atoms with Crippen molar-refractivity contribution in [1.82, 2.24) is 25.1 Å². The van der Waals surface area contributed by atoms with Crippen LogP contribution in [-0.4, -0.2) is 76.5 Å². The molecule has 4 rings (SSSR count). The van der Waals surface area contributed by atoms with Crippen molar-refractivity contribution in [2.24, 2.45) is 11.8 Å². The summed E-state index contributed by atoms with van der Waals surface area (Å²) in [7, 11) is 0. The van der Waals surface area contributed by atoms with Crippen LogP contribution < -0.4 is 4.90 Å². The zero-order chi connectivity index (χ0) is 26.4. The summed E-state index contributed by atoms with van der Waals surface area (Å²) in [5.41, 5.74) is 2.31. The monoisotopic (exact) mass is 520 g/mol. The Morgan fingerprint density at radius 1 is 1.14 bits per heavy atom. The minimum absolute atomic E-state index is 0.0599. The highest BCUT2D eigenvalue weighted by atomic mass is 19.4. The summed E-state index contributed by atoms with van der Waals surface area (Å²) in [6.07, 6.45) is 0.618. The zero-order valence-corrected chi connectivity index (χ0v) is 21.4. The Morgan fingerprint density at radius 2 is 1.89 bits per heavy atom. The molecule has 1 unspecified atom stereocenters. The predicted octanol–water partition coefficient (Wildman–Crippen LogP) is 4.81. The molecule has 0 bridgehead atoms. The number of piperazine rings is 1. The molecule has 3 aromatic rings. The summed E-state index contributed by atoms with van der Waals surface area (Å²) in [4.78, 5) is 24.8. The Hall–Kier alpha value is -2.92. The van der Waals surface area contributed by atoms with Crippen molar-refractivity contribution < 1.29 is 22.7 Å². The van der Waals surface area contributed by atoms with Crippen molar-refractivity contribution in [3.63, 3.8) is 0 Å². The molecule has 8 nitrogen and oxygen atoms in total. The molecule has 0 aliphatic carbocycles. The molecule has 3 heterocycles. The quantitative estimate of drug-likeness (QED) is 0.333. The van der Waals surface area contributed by atoms with Crippen molar-refractivity contribution >= 4 is 22.6 Å². The van der Waals surface area contributed by atoms with Gasteiger partial charge in [0, 0.05) is 56.2 Å². The van der Waals surface area contributed by atoms with E-state index in [0.717, 1.165) is 24.8 Å². The van der Waals surface area contributed by atoms with Crippen LogP contribution in [0.15, 0.2) is 30.5 Å². The van der Waals surface area contributed by atoms with Crippen molar-refractivity contribution in [3.05, 3.63) is 41.9 Å². The molecule has 0 saturated carbocycles. The van der Waals surface area contributed by atoms with E-state index in [0.29, 0.717) is 44.5 Å². The number of ketones is 1. The van der Waals surface area contributed by atoms with Crippen LogP contribution in [0, 0.1) is 11.8 Å². The van der Waals surface area contributed by atoms with Gasteiger partial charge >= 0.3 is 6.36 Å². The third kappa shape index (κ3) is 7.78. The fourth-order valence-corrected chi connectivity index (χ4v) is 4.80. The van der Waals surface area contributed by atoms with E-state index < -0.39 is 6.36 Å². The molecule has 1 atom stereocenters. The van der Waals surface area contributed by atoms with Crippen LogP contribution in [0.1, 0.15) is 49.3 Å². The summed E-state index contributed by atoms with van der Waals surface area (Å²) < 4.78 is 40.4. The molecule has 1 aliphatic rings. The Labute approximate surface area is 214 Å². The number of para-hydroxylation sites is 1. The summed E-state index contributed by atoms with van der Waals surface area (Å²) in [6.45, 7) is 6.47. The Morgan fingerprint density at radius 3 is 2.62 bits per heavy atom. The average Bonchev–Trinajstić information content (AvgIpc) is 3.50. The zero-order valence-electron chi connectivity index (χ0n) is 21.4. The molecule has 1 aromatic carbocycles. The van der Waals surface area contributed by atoms with Gasteiger partial charge in [-0.3, -0.25) is 19.5 Å². The first kappa shape index (κ1) is 27.1. The standard InChI is InChI=1S/C26H35F3N6O2/c1-18(2)7-8-19(15-20-17-30-22-6-4-3-5-21(20)22)16-23(36)24-31-25(33-32-24)35-11-9-34(10-12-35)13-14-37-26(27,28)29/h3-6,17-19,30H,7-16H2,1-2H3,(H,31,32,33). The molecular formula is C26H35F3N6O2. The number of H-pyrrole nitrogens is 2. The van der Waals surface area contributed by atoms with Gasteiger partial charge in [0.05, 0.1) is 6.61 Å². The van der Waals surface area contributed by atoms with Crippen LogP contribution >= 0.6 is 0 Å². The number of halogens is 3. The fraction of sp³-hybridized carbons (Fsp3) is 0.577. The summed E-state index contributed by atoms with van der Waals surface area (Å²) >= 11 is 0. The van der Waals surface area contributed by atoms with Crippen molar-refractivity contribution in [2.45, 2.75) is 45.9 Å². The fourth-order valence-electron chi connectivity index (χ4n) is 4.80. The molecule has 2 N–H and O–H groups in total. The van der Waals surface area contributed by atoms with E-state index >= 15 is 0 Å². The molecular weight excluding hydrogens is 485 g/mol. The van der Waals surface area contributed by atoms with Crippen LogP contribution in [0.2, 0.25) is 0 Å². The minimum atomic E-state index is -4.60. The van der Waals surface area contributed by atoms with Gasteiger partial charge in [0.1, 0.15) is 0 Å². The second-order valence-corrected chi connectivity index (χ2v) is 10.1. The number of alkyl halides is 3. The van der Waals surface area contributed by atoms with Gasteiger partial charge < -0.3 is 9.88 Å². The molecule has 1 fully saturated rings.